The van der Waals surface area contributed by atoms with Gasteiger partial charge in [-0.1, -0.05) is 0 Å². The summed E-state index contributed by atoms with van der Waals surface area (Å²) in [6.45, 7) is 3.84. The van der Waals surface area contributed by atoms with Crippen LogP contribution in [-0.4, -0.2) is 31.9 Å². The highest BCUT2D eigenvalue weighted by molar-refractivity contribution is 5.72. The number of carbonyl (C=O) groups is 1. The lowest BCUT2D eigenvalue weighted by molar-refractivity contribution is -0.139. The number of nitrogens with one attached hydrogen (secondary N) is 1. The predicted octanol–water partition coefficient (Wildman–Crippen LogP) is -0.314. The molecule has 6 nitrogen and oxygen atoms in total. The van der Waals surface area contributed by atoms with Crippen LogP contribution in [0.4, 0.5) is 0 Å². The van der Waals surface area contributed by atoms with Crippen LogP contribution >= 0.6 is 0 Å². The first kappa shape index (κ1) is 10.6. The van der Waals surface area contributed by atoms with E-state index in [4.69, 9.17) is 5.11 Å². The van der Waals surface area contributed by atoms with E-state index in [0.29, 0.717) is 6.54 Å². The molecule has 0 spiro atoms. The first-order chi connectivity index (χ1) is 6.52. The minimum absolute atomic E-state index is 0.408. The minimum Gasteiger partial charge on any atom is -0.480 e. The standard InChI is InChI=1S/C8H14N4O2/c1-5(8(13)14)9-4-7-11-10-6(2)12(7)3/h5,9H,4H2,1-3H3,(H,13,14)/t5-/m1/s1. The molecular weight excluding hydrogens is 184 g/mol. The number of aromatic nitrogens is 3. The van der Waals surface area contributed by atoms with Crippen LogP contribution in [-0.2, 0) is 18.4 Å². The summed E-state index contributed by atoms with van der Waals surface area (Å²) in [7, 11) is 1.85. The lowest BCUT2D eigenvalue weighted by Crippen LogP contribution is -2.33. The van der Waals surface area contributed by atoms with E-state index in [-0.39, 0.29) is 0 Å². The number of aryl methyl sites for hydroxylation is 1. The van der Waals surface area contributed by atoms with Gasteiger partial charge in [-0.2, -0.15) is 0 Å². The van der Waals surface area contributed by atoms with Gasteiger partial charge in [0.25, 0.3) is 0 Å². The molecule has 1 aromatic rings. The molecule has 2 N–H and O–H groups in total. The fraction of sp³-hybridized carbons (Fsp3) is 0.625. The molecular formula is C8H14N4O2. The quantitative estimate of drug-likeness (QED) is 0.693. The molecule has 78 valence electrons. The molecule has 0 unspecified atom stereocenters. The Morgan fingerprint density at radius 1 is 1.64 bits per heavy atom. The van der Waals surface area contributed by atoms with E-state index in [2.05, 4.69) is 15.5 Å². The number of hydrogen-bond acceptors (Lipinski definition) is 4. The molecule has 1 heterocycles. The largest absolute Gasteiger partial charge is 0.480 e. The predicted molar refractivity (Wildman–Crippen MR) is 49.7 cm³/mol. The zero-order valence-corrected chi connectivity index (χ0v) is 8.48. The van der Waals surface area contributed by atoms with Crippen molar-refractivity contribution >= 4 is 5.97 Å². The number of hydrogen-bond donors (Lipinski definition) is 2. The second kappa shape index (κ2) is 4.19. The van der Waals surface area contributed by atoms with Gasteiger partial charge in [0.15, 0.2) is 0 Å². The highest BCUT2D eigenvalue weighted by atomic mass is 16.4. The van der Waals surface area contributed by atoms with Gasteiger partial charge >= 0.3 is 5.97 Å². The Kier molecular flexibility index (Phi) is 3.19. The fourth-order valence-electron chi connectivity index (χ4n) is 0.937. The van der Waals surface area contributed by atoms with E-state index >= 15 is 0 Å². The smallest absolute Gasteiger partial charge is 0.320 e. The Hall–Kier alpha value is -1.43. The maximum atomic E-state index is 10.5. The molecule has 1 rings (SSSR count). The molecule has 0 radical (unpaired) electrons. The zero-order chi connectivity index (χ0) is 10.7. The molecule has 0 amide bonds. The third-order valence-corrected chi connectivity index (χ3v) is 2.12. The summed E-state index contributed by atoms with van der Waals surface area (Å²) in [5.74, 6) is 0.671. The number of carboxylic acid groups (broad SMARTS) is 1. The number of rotatable bonds is 4. The van der Waals surface area contributed by atoms with E-state index < -0.39 is 12.0 Å². The van der Waals surface area contributed by atoms with Gasteiger partial charge < -0.3 is 9.67 Å². The van der Waals surface area contributed by atoms with Crippen LogP contribution in [0.1, 0.15) is 18.6 Å². The highest BCUT2D eigenvalue weighted by Crippen LogP contribution is 1.97. The van der Waals surface area contributed by atoms with Gasteiger partial charge in [-0.15, -0.1) is 10.2 Å². The molecule has 0 saturated heterocycles. The highest BCUT2D eigenvalue weighted by Gasteiger charge is 2.11. The lowest BCUT2D eigenvalue weighted by Gasteiger charge is -2.08. The van der Waals surface area contributed by atoms with Crippen molar-refractivity contribution in [1.82, 2.24) is 20.1 Å². The summed E-state index contributed by atoms with van der Waals surface area (Å²) in [5.41, 5.74) is 0. The molecule has 6 heteroatoms. The van der Waals surface area contributed by atoms with E-state index in [1.807, 2.05) is 18.5 Å². The topological polar surface area (TPSA) is 80.0 Å². The van der Waals surface area contributed by atoms with Crippen molar-refractivity contribution in [1.29, 1.82) is 0 Å². The van der Waals surface area contributed by atoms with Gasteiger partial charge in [0.05, 0.1) is 6.54 Å². The minimum atomic E-state index is -0.871. The summed E-state index contributed by atoms with van der Waals surface area (Å²) < 4.78 is 1.82. The van der Waals surface area contributed by atoms with Crippen molar-refractivity contribution in [2.75, 3.05) is 0 Å². The SMILES string of the molecule is Cc1nnc(CN[C@H](C)C(=O)O)n1C. The molecule has 0 saturated carbocycles. The van der Waals surface area contributed by atoms with Gasteiger partial charge in [-0.25, -0.2) is 0 Å². The van der Waals surface area contributed by atoms with Gasteiger partial charge in [-0.3, -0.25) is 10.1 Å². The Labute approximate surface area is 82.0 Å². The Balaban J connectivity index is 2.54. The van der Waals surface area contributed by atoms with E-state index in [1.54, 1.807) is 6.92 Å². The second-order valence-electron chi connectivity index (χ2n) is 3.16. The van der Waals surface area contributed by atoms with Crippen LogP contribution in [0.15, 0.2) is 0 Å². The maximum absolute atomic E-state index is 10.5. The molecule has 0 aromatic carbocycles. The van der Waals surface area contributed by atoms with E-state index in [1.165, 1.54) is 0 Å². The fourth-order valence-corrected chi connectivity index (χ4v) is 0.937. The van der Waals surface area contributed by atoms with Crippen molar-refractivity contribution in [2.45, 2.75) is 26.4 Å². The molecule has 0 fully saturated rings. The Morgan fingerprint density at radius 2 is 2.29 bits per heavy atom. The molecule has 0 aliphatic heterocycles. The summed E-state index contributed by atoms with van der Waals surface area (Å²) in [5, 5.41) is 19.2. The summed E-state index contributed by atoms with van der Waals surface area (Å²) >= 11 is 0. The van der Waals surface area contributed by atoms with Crippen LogP contribution in [0.3, 0.4) is 0 Å². The van der Waals surface area contributed by atoms with Crippen LogP contribution in [0.5, 0.6) is 0 Å². The van der Waals surface area contributed by atoms with E-state index in [0.717, 1.165) is 11.6 Å². The Bertz CT molecular complexity index is 334. The molecule has 0 aliphatic carbocycles. The van der Waals surface area contributed by atoms with Crippen LogP contribution in [0.2, 0.25) is 0 Å². The van der Waals surface area contributed by atoms with Crippen molar-refractivity contribution < 1.29 is 9.90 Å². The first-order valence-corrected chi connectivity index (χ1v) is 4.33. The maximum Gasteiger partial charge on any atom is 0.320 e. The molecule has 14 heavy (non-hydrogen) atoms. The molecule has 0 bridgehead atoms. The molecule has 0 aliphatic rings. The normalized spacial score (nSPS) is 12.8. The number of aliphatic carboxylic acids is 1. The van der Waals surface area contributed by atoms with Gasteiger partial charge in [-0.05, 0) is 13.8 Å². The summed E-state index contributed by atoms with van der Waals surface area (Å²) in [6.07, 6.45) is 0. The summed E-state index contributed by atoms with van der Waals surface area (Å²) in [6, 6.07) is -0.577. The Morgan fingerprint density at radius 3 is 2.71 bits per heavy atom. The van der Waals surface area contributed by atoms with Gasteiger partial charge in [0.2, 0.25) is 0 Å². The summed E-state index contributed by atoms with van der Waals surface area (Å²) in [4.78, 5) is 10.5. The van der Waals surface area contributed by atoms with Gasteiger partial charge in [0.1, 0.15) is 17.7 Å². The van der Waals surface area contributed by atoms with E-state index in [9.17, 15) is 4.79 Å². The number of nitrogens with zero attached hydrogens (tertiary/aromatic N) is 3. The van der Waals surface area contributed by atoms with Crippen molar-refractivity contribution in [2.24, 2.45) is 7.05 Å². The van der Waals surface area contributed by atoms with Gasteiger partial charge in [0, 0.05) is 7.05 Å². The third-order valence-electron chi connectivity index (χ3n) is 2.12. The zero-order valence-electron chi connectivity index (χ0n) is 8.48. The monoisotopic (exact) mass is 198 g/mol. The first-order valence-electron chi connectivity index (χ1n) is 4.33. The average molecular weight is 198 g/mol. The third kappa shape index (κ3) is 2.29. The second-order valence-corrected chi connectivity index (χ2v) is 3.16. The average Bonchev–Trinajstić information content (AvgIpc) is 2.44. The number of carboxylic acids is 1. The molecule has 1 aromatic heterocycles. The lowest BCUT2D eigenvalue weighted by atomic mass is 10.3. The van der Waals surface area contributed by atoms with Crippen molar-refractivity contribution in [3.63, 3.8) is 0 Å². The van der Waals surface area contributed by atoms with Crippen molar-refractivity contribution in [3.05, 3.63) is 11.6 Å². The van der Waals surface area contributed by atoms with Crippen molar-refractivity contribution in [3.8, 4) is 0 Å². The van der Waals surface area contributed by atoms with Crippen LogP contribution in [0.25, 0.3) is 0 Å². The molecule has 1 atom stereocenters. The van der Waals surface area contributed by atoms with Crippen LogP contribution in [0, 0.1) is 6.92 Å². The van der Waals surface area contributed by atoms with Crippen LogP contribution < -0.4 is 5.32 Å².